The zero-order valence-electron chi connectivity index (χ0n) is 23.4. The highest BCUT2D eigenvalue weighted by Gasteiger charge is 2.49. The van der Waals surface area contributed by atoms with E-state index in [0.29, 0.717) is 50.4 Å². The second-order valence-corrected chi connectivity index (χ2v) is 12.1. The maximum absolute atomic E-state index is 14.2. The summed E-state index contributed by atoms with van der Waals surface area (Å²) < 4.78 is 0.680. The van der Waals surface area contributed by atoms with E-state index in [1.54, 1.807) is 24.1 Å². The highest BCUT2D eigenvalue weighted by atomic mass is 32.1. The number of piperidine rings is 1. The first kappa shape index (κ1) is 28.0. The molecule has 1 saturated heterocycles. The highest BCUT2D eigenvalue weighted by Crippen LogP contribution is 2.49. The van der Waals surface area contributed by atoms with E-state index in [2.05, 4.69) is 10.6 Å². The van der Waals surface area contributed by atoms with Crippen molar-refractivity contribution in [3.05, 3.63) is 88.3 Å². The molecular formula is C32H34N6O3S. The Bertz CT molecular complexity index is 1700. The zero-order chi connectivity index (χ0) is 29.6. The smallest absolute Gasteiger partial charge is 0.262 e. The molecule has 0 saturated carbocycles. The van der Waals surface area contributed by atoms with E-state index in [4.69, 9.17) is 17.2 Å². The van der Waals surface area contributed by atoms with E-state index >= 15 is 0 Å². The maximum Gasteiger partial charge on any atom is 0.262 e. The summed E-state index contributed by atoms with van der Waals surface area (Å²) in [7, 11) is 1.73. The minimum Gasteiger partial charge on any atom is -0.398 e. The summed E-state index contributed by atoms with van der Waals surface area (Å²) in [6.45, 7) is 1.33. The van der Waals surface area contributed by atoms with Gasteiger partial charge in [0.15, 0.2) is 5.78 Å². The molecule has 0 bridgehead atoms. The molecule has 0 spiro atoms. The number of benzene rings is 3. The number of amides is 2. The van der Waals surface area contributed by atoms with Crippen molar-refractivity contribution in [2.75, 3.05) is 32.4 Å². The molecule has 6 rings (SSSR count). The van der Waals surface area contributed by atoms with Crippen LogP contribution >= 0.6 is 11.3 Å². The van der Waals surface area contributed by atoms with Crippen LogP contribution in [-0.2, 0) is 15.1 Å². The molecule has 0 radical (unpaired) electrons. The third-order valence-electron chi connectivity index (χ3n) is 8.38. The monoisotopic (exact) mass is 582 g/mol. The summed E-state index contributed by atoms with van der Waals surface area (Å²) in [6, 6.07) is 19.7. The maximum atomic E-state index is 14.2. The average Bonchev–Trinajstić information content (AvgIpc) is 3.42. The number of Topliss-reactive ketones (excluding diaryl/α,β-unsaturated/α-hetero) is 1. The summed E-state index contributed by atoms with van der Waals surface area (Å²) in [6.07, 6.45) is 1.53. The third-order valence-corrected chi connectivity index (χ3v) is 9.64. The number of nitrogens with zero attached hydrogens (tertiary/aromatic N) is 1. The minimum atomic E-state index is -1.53. The summed E-state index contributed by atoms with van der Waals surface area (Å²) in [5, 5.41) is 6.65. The first-order valence-corrected chi connectivity index (χ1v) is 14.9. The van der Waals surface area contributed by atoms with Gasteiger partial charge < -0.3 is 32.7 Å². The van der Waals surface area contributed by atoms with Crippen molar-refractivity contribution in [1.82, 2.24) is 15.5 Å². The standard InChI is InChI=1S/C32H34N6O3S/c1-36-16-24(39)38-14-6-11-21(17-38)37-31(41)29-26-25-22(12-13-23(33)28(25)42-29)32(35,30(40)27(26)34)20-10-5-9-19(15-20)18-7-3-2-4-8-18/h2-5,7-10,12-13,15,21,27,36H,6,11,14,16-17,33-35H2,1H3,(H,37,41). The molecule has 2 amide bonds. The lowest BCUT2D eigenvalue weighted by atomic mass is 9.70. The van der Waals surface area contributed by atoms with Crippen molar-refractivity contribution in [2.24, 2.45) is 11.5 Å². The first-order valence-electron chi connectivity index (χ1n) is 14.1. The SMILES string of the molecule is CNCC(=O)N1CCCC(NC(=O)c2sc3c(N)ccc4c3c2C(N)C(=O)C4(N)c2cccc(-c3ccccc3)c2)C1. The molecule has 4 aromatic rings. The van der Waals surface area contributed by atoms with Gasteiger partial charge in [-0.2, -0.15) is 0 Å². The van der Waals surface area contributed by atoms with E-state index in [0.717, 1.165) is 24.0 Å². The van der Waals surface area contributed by atoms with Gasteiger partial charge in [-0.1, -0.05) is 54.6 Å². The Kier molecular flexibility index (Phi) is 7.32. The Morgan fingerprint density at radius 3 is 2.60 bits per heavy atom. The average molecular weight is 583 g/mol. The summed E-state index contributed by atoms with van der Waals surface area (Å²) in [5.41, 5.74) is 22.7. The van der Waals surface area contributed by atoms with Crippen molar-refractivity contribution in [3.63, 3.8) is 0 Å². The molecule has 3 unspecified atom stereocenters. The van der Waals surface area contributed by atoms with Crippen molar-refractivity contribution in [2.45, 2.75) is 30.5 Å². The molecule has 8 N–H and O–H groups in total. The van der Waals surface area contributed by atoms with Crippen LogP contribution in [0.4, 0.5) is 5.69 Å². The molecule has 9 nitrogen and oxygen atoms in total. The van der Waals surface area contributed by atoms with Crippen molar-refractivity contribution in [1.29, 1.82) is 0 Å². The predicted molar refractivity (Wildman–Crippen MR) is 166 cm³/mol. The molecule has 1 fully saturated rings. The molecular weight excluding hydrogens is 548 g/mol. The zero-order valence-corrected chi connectivity index (χ0v) is 24.2. The number of rotatable bonds is 6. The van der Waals surface area contributed by atoms with E-state index in [1.807, 2.05) is 54.6 Å². The van der Waals surface area contributed by atoms with Gasteiger partial charge in [-0.05, 0) is 54.3 Å². The van der Waals surface area contributed by atoms with E-state index in [9.17, 15) is 14.4 Å². The number of carbonyl (C=O) groups excluding carboxylic acids is 3. The number of likely N-dealkylation sites (N-methyl/N-ethyl adjacent to an activating group) is 1. The summed E-state index contributed by atoms with van der Waals surface area (Å²) in [4.78, 5) is 42.5. The van der Waals surface area contributed by atoms with Gasteiger partial charge >= 0.3 is 0 Å². The van der Waals surface area contributed by atoms with Crippen LogP contribution in [0.15, 0.2) is 66.7 Å². The Labute approximate surface area is 248 Å². The predicted octanol–water partition coefficient (Wildman–Crippen LogP) is 2.88. The van der Waals surface area contributed by atoms with Crippen molar-refractivity contribution in [3.8, 4) is 11.1 Å². The summed E-state index contributed by atoms with van der Waals surface area (Å²) >= 11 is 1.23. The lowest BCUT2D eigenvalue weighted by molar-refractivity contribution is -0.131. The lowest BCUT2D eigenvalue weighted by Gasteiger charge is -2.37. The molecule has 42 heavy (non-hydrogen) atoms. The number of anilines is 1. The number of carbonyl (C=O) groups is 3. The Hall–Kier alpha value is -4.09. The van der Waals surface area contributed by atoms with Crippen LogP contribution in [0.25, 0.3) is 21.2 Å². The number of hydrogen-bond acceptors (Lipinski definition) is 8. The van der Waals surface area contributed by atoms with Crippen molar-refractivity contribution >= 4 is 44.7 Å². The van der Waals surface area contributed by atoms with Crippen LogP contribution in [-0.4, -0.2) is 55.2 Å². The fraction of sp³-hybridized carbons (Fsp3) is 0.281. The molecule has 216 valence electrons. The van der Waals surface area contributed by atoms with Gasteiger partial charge in [0, 0.05) is 35.8 Å². The molecule has 10 heteroatoms. The minimum absolute atomic E-state index is 0.00550. The van der Waals surface area contributed by atoms with E-state index in [-0.39, 0.29) is 30.2 Å². The molecule has 2 aliphatic rings. The largest absolute Gasteiger partial charge is 0.398 e. The normalized spacial score (nSPS) is 21.9. The van der Waals surface area contributed by atoms with Crippen LogP contribution in [0, 0.1) is 0 Å². The van der Waals surface area contributed by atoms with Gasteiger partial charge in [0.25, 0.3) is 5.91 Å². The molecule has 1 aromatic heterocycles. The number of ketones is 1. The number of likely N-dealkylation sites (tertiary alicyclic amines) is 1. The highest BCUT2D eigenvalue weighted by molar-refractivity contribution is 7.21. The third kappa shape index (κ3) is 4.57. The Balaban J connectivity index is 1.40. The first-order chi connectivity index (χ1) is 20.2. The topological polar surface area (TPSA) is 157 Å². The number of thiophene rings is 1. The molecule has 3 atom stereocenters. The van der Waals surface area contributed by atoms with Crippen molar-refractivity contribution < 1.29 is 14.4 Å². The fourth-order valence-electron chi connectivity index (χ4n) is 6.26. The quantitative estimate of drug-likeness (QED) is 0.219. The van der Waals surface area contributed by atoms with Gasteiger partial charge in [-0.15, -0.1) is 11.3 Å². The van der Waals surface area contributed by atoms with Gasteiger partial charge in [-0.3, -0.25) is 14.4 Å². The van der Waals surface area contributed by atoms with Crippen LogP contribution in [0.3, 0.4) is 0 Å². The van der Waals surface area contributed by atoms with E-state index < -0.39 is 11.6 Å². The second-order valence-electron chi connectivity index (χ2n) is 11.0. The molecule has 1 aliphatic heterocycles. The second kappa shape index (κ2) is 11.0. The van der Waals surface area contributed by atoms with Crippen LogP contribution in [0.5, 0.6) is 0 Å². The number of nitrogens with one attached hydrogen (secondary N) is 2. The van der Waals surface area contributed by atoms with Crippen LogP contribution in [0.2, 0.25) is 0 Å². The lowest BCUT2D eigenvalue weighted by Crippen LogP contribution is -2.53. The van der Waals surface area contributed by atoms with Gasteiger partial charge in [-0.25, -0.2) is 0 Å². The molecule has 2 heterocycles. The van der Waals surface area contributed by atoms with Gasteiger partial charge in [0.1, 0.15) is 5.54 Å². The summed E-state index contributed by atoms with van der Waals surface area (Å²) in [5.74, 6) is -0.724. The van der Waals surface area contributed by atoms with Crippen LogP contribution in [0.1, 0.15) is 45.2 Å². The van der Waals surface area contributed by atoms with Gasteiger partial charge in [0.2, 0.25) is 5.91 Å². The number of hydrogen-bond donors (Lipinski definition) is 5. The Morgan fingerprint density at radius 2 is 1.83 bits per heavy atom. The van der Waals surface area contributed by atoms with Crippen LogP contribution < -0.4 is 27.8 Å². The van der Waals surface area contributed by atoms with E-state index in [1.165, 1.54) is 11.3 Å². The number of nitrogens with two attached hydrogens (primary N) is 3. The molecule has 1 aliphatic carbocycles. The fourth-order valence-corrected chi connectivity index (χ4v) is 7.46. The molecule has 3 aromatic carbocycles. The Morgan fingerprint density at radius 1 is 1.07 bits per heavy atom. The number of nitrogen functional groups attached to an aromatic ring is 1. The van der Waals surface area contributed by atoms with Gasteiger partial charge in [0.05, 0.1) is 22.2 Å².